The minimum atomic E-state index is 0.249. The monoisotopic (exact) mass is 240 g/mol. The lowest BCUT2D eigenvalue weighted by molar-refractivity contribution is -0.116. The summed E-state index contributed by atoms with van der Waals surface area (Å²) in [6.45, 7) is 3.70. The molecule has 1 nitrogen and oxygen atoms in total. The van der Waals surface area contributed by atoms with Crippen LogP contribution in [0.15, 0.2) is 22.7 Å². The van der Waals surface area contributed by atoms with E-state index in [0.717, 1.165) is 10.9 Å². The Hall–Kier alpha value is -0.630. The number of hydrogen-bond acceptors (Lipinski definition) is 1. The molecule has 1 aromatic rings. The molecule has 0 unspecified atom stereocenters. The maximum Gasteiger partial charge on any atom is 0.130 e. The largest absolute Gasteiger partial charge is 0.300 e. The Morgan fingerprint density at radius 3 is 2.77 bits per heavy atom. The summed E-state index contributed by atoms with van der Waals surface area (Å²) < 4.78 is 1.08. The van der Waals surface area contributed by atoms with Crippen LogP contribution in [0.5, 0.6) is 0 Å². The highest BCUT2D eigenvalue weighted by molar-refractivity contribution is 9.10. The highest BCUT2D eigenvalue weighted by Gasteiger charge is 2.00. The molecule has 0 N–H and O–H groups in total. The Morgan fingerprint density at radius 1 is 1.46 bits per heavy atom. The molecule has 0 aromatic heterocycles. The Labute approximate surface area is 87.3 Å². The minimum absolute atomic E-state index is 0.249. The first kappa shape index (κ1) is 10.5. The van der Waals surface area contributed by atoms with Crippen molar-refractivity contribution in [2.75, 3.05) is 0 Å². The summed E-state index contributed by atoms with van der Waals surface area (Å²) in [7, 11) is 0. The topological polar surface area (TPSA) is 17.1 Å². The number of halogens is 1. The first-order valence-corrected chi connectivity index (χ1v) is 5.13. The number of rotatable bonds is 3. The fourth-order valence-corrected chi connectivity index (χ4v) is 1.63. The fraction of sp³-hybridized carbons (Fsp3) is 0.364. The normalized spacial score (nSPS) is 10.1. The van der Waals surface area contributed by atoms with Gasteiger partial charge in [0.05, 0.1) is 0 Å². The van der Waals surface area contributed by atoms with Crippen LogP contribution in [-0.2, 0) is 11.2 Å². The summed E-state index contributed by atoms with van der Waals surface area (Å²) in [6.07, 6.45) is 1.48. The molecule has 0 radical (unpaired) electrons. The van der Waals surface area contributed by atoms with Gasteiger partial charge < -0.3 is 4.79 Å². The number of hydrogen-bond donors (Lipinski definition) is 0. The van der Waals surface area contributed by atoms with Gasteiger partial charge >= 0.3 is 0 Å². The first-order chi connectivity index (χ1) is 6.09. The summed E-state index contributed by atoms with van der Waals surface area (Å²) in [5.41, 5.74) is 2.51. The summed E-state index contributed by atoms with van der Waals surface area (Å²) in [4.78, 5) is 10.8. The lowest BCUT2D eigenvalue weighted by atomic mass is 10.0. The Morgan fingerprint density at radius 2 is 2.15 bits per heavy atom. The maximum absolute atomic E-state index is 10.8. The van der Waals surface area contributed by atoms with E-state index in [1.54, 1.807) is 6.92 Å². The molecular weight excluding hydrogens is 228 g/mol. The van der Waals surface area contributed by atoms with Gasteiger partial charge in [0, 0.05) is 10.9 Å². The summed E-state index contributed by atoms with van der Waals surface area (Å²) in [5.74, 6) is 0.249. The molecule has 1 aromatic carbocycles. The lowest BCUT2D eigenvalue weighted by Crippen LogP contribution is -1.96. The molecule has 2 heteroatoms. The molecule has 70 valence electrons. The second-order valence-electron chi connectivity index (χ2n) is 3.27. The number of carbonyl (C=O) groups is 1. The van der Waals surface area contributed by atoms with Gasteiger partial charge in [-0.15, -0.1) is 0 Å². The predicted octanol–water partition coefficient (Wildman–Crippen LogP) is 3.28. The van der Waals surface area contributed by atoms with Crippen LogP contribution in [0.3, 0.4) is 0 Å². The lowest BCUT2D eigenvalue weighted by Gasteiger charge is -2.04. The van der Waals surface area contributed by atoms with Gasteiger partial charge in [-0.25, -0.2) is 0 Å². The fourth-order valence-electron chi connectivity index (χ4n) is 1.22. The Bertz CT molecular complexity index is 318. The third-order valence-corrected chi connectivity index (χ3v) is 2.55. The van der Waals surface area contributed by atoms with Gasteiger partial charge in [-0.3, -0.25) is 0 Å². The SMILES string of the molecule is CC(=O)CCc1cc(Br)ccc1C. The zero-order valence-corrected chi connectivity index (χ0v) is 9.52. The van der Waals surface area contributed by atoms with E-state index in [4.69, 9.17) is 0 Å². The van der Waals surface area contributed by atoms with Crippen LogP contribution in [-0.4, -0.2) is 5.78 Å². The van der Waals surface area contributed by atoms with Gasteiger partial charge in [0.2, 0.25) is 0 Å². The van der Waals surface area contributed by atoms with Crippen LogP contribution in [0, 0.1) is 6.92 Å². The van der Waals surface area contributed by atoms with Crippen molar-refractivity contribution in [3.05, 3.63) is 33.8 Å². The molecular formula is C11H13BrO. The molecule has 0 atom stereocenters. The molecule has 0 aliphatic rings. The number of Topliss-reactive ketones (excluding diaryl/α,β-unsaturated/α-hetero) is 1. The summed E-state index contributed by atoms with van der Waals surface area (Å²) in [6, 6.07) is 6.17. The highest BCUT2D eigenvalue weighted by Crippen LogP contribution is 2.17. The van der Waals surface area contributed by atoms with E-state index in [9.17, 15) is 4.79 Å². The average molecular weight is 241 g/mol. The third kappa shape index (κ3) is 3.31. The first-order valence-electron chi connectivity index (χ1n) is 4.34. The number of ketones is 1. The molecule has 0 amide bonds. The summed E-state index contributed by atoms with van der Waals surface area (Å²) in [5, 5.41) is 0. The van der Waals surface area contributed by atoms with E-state index in [1.165, 1.54) is 11.1 Å². The molecule has 0 heterocycles. The van der Waals surface area contributed by atoms with Crippen LogP contribution in [0.25, 0.3) is 0 Å². The minimum Gasteiger partial charge on any atom is -0.300 e. The number of benzene rings is 1. The van der Waals surface area contributed by atoms with Gasteiger partial charge in [0.1, 0.15) is 5.78 Å². The number of aryl methyl sites for hydroxylation is 2. The third-order valence-electron chi connectivity index (χ3n) is 2.06. The van der Waals surface area contributed by atoms with E-state index in [-0.39, 0.29) is 5.78 Å². The zero-order valence-electron chi connectivity index (χ0n) is 7.93. The molecule has 0 saturated heterocycles. The van der Waals surface area contributed by atoms with E-state index < -0.39 is 0 Å². The molecule has 13 heavy (non-hydrogen) atoms. The second kappa shape index (κ2) is 4.56. The van der Waals surface area contributed by atoms with Crippen molar-refractivity contribution in [2.45, 2.75) is 26.7 Å². The van der Waals surface area contributed by atoms with Gasteiger partial charge in [0.15, 0.2) is 0 Å². The smallest absolute Gasteiger partial charge is 0.130 e. The average Bonchev–Trinajstić information content (AvgIpc) is 2.06. The van der Waals surface area contributed by atoms with Crippen molar-refractivity contribution >= 4 is 21.7 Å². The van der Waals surface area contributed by atoms with E-state index in [0.29, 0.717) is 6.42 Å². The zero-order chi connectivity index (χ0) is 9.84. The van der Waals surface area contributed by atoms with Gasteiger partial charge in [-0.1, -0.05) is 22.0 Å². The molecule has 0 saturated carbocycles. The van der Waals surface area contributed by atoms with E-state index in [2.05, 4.69) is 35.0 Å². The van der Waals surface area contributed by atoms with Crippen LogP contribution >= 0.6 is 15.9 Å². The Kier molecular flexibility index (Phi) is 3.67. The molecule has 0 spiro atoms. The number of carbonyl (C=O) groups excluding carboxylic acids is 1. The maximum atomic E-state index is 10.8. The molecule has 1 rings (SSSR count). The van der Waals surface area contributed by atoms with Gasteiger partial charge in [-0.05, 0) is 43.5 Å². The van der Waals surface area contributed by atoms with Crippen molar-refractivity contribution < 1.29 is 4.79 Å². The van der Waals surface area contributed by atoms with Crippen LogP contribution in [0.2, 0.25) is 0 Å². The molecule has 0 aliphatic heterocycles. The molecule has 0 bridgehead atoms. The quantitative estimate of drug-likeness (QED) is 0.793. The van der Waals surface area contributed by atoms with Gasteiger partial charge in [0.25, 0.3) is 0 Å². The molecule has 0 fully saturated rings. The van der Waals surface area contributed by atoms with Crippen LogP contribution < -0.4 is 0 Å². The standard InChI is InChI=1S/C11H13BrO/c1-8-3-6-11(12)7-10(8)5-4-9(2)13/h3,6-7H,4-5H2,1-2H3. The van der Waals surface area contributed by atoms with Gasteiger partial charge in [-0.2, -0.15) is 0 Å². The highest BCUT2D eigenvalue weighted by atomic mass is 79.9. The van der Waals surface area contributed by atoms with E-state index >= 15 is 0 Å². The van der Waals surface area contributed by atoms with Crippen molar-refractivity contribution in [3.8, 4) is 0 Å². The van der Waals surface area contributed by atoms with E-state index in [1.807, 2.05) is 6.07 Å². The second-order valence-corrected chi connectivity index (χ2v) is 4.19. The Balaban J connectivity index is 2.75. The van der Waals surface area contributed by atoms with Crippen molar-refractivity contribution in [2.24, 2.45) is 0 Å². The summed E-state index contributed by atoms with van der Waals surface area (Å²) >= 11 is 3.42. The van der Waals surface area contributed by atoms with Crippen molar-refractivity contribution in [1.82, 2.24) is 0 Å². The van der Waals surface area contributed by atoms with Crippen LogP contribution in [0.1, 0.15) is 24.5 Å². The van der Waals surface area contributed by atoms with Crippen molar-refractivity contribution in [1.29, 1.82) is 0 Å². The molecule has 0 aliphatic carbocycles. The van der Waals surface area contributed by atoms with Crippen molar-refractivity contribution in [3.63, 3.8) is 0 Å². The van der Waals surface area contributed by atoms with Crippen LogP contribution in [0.4, 0.5) is 0 Å². The predicted molar refractivity (Wildman–Crippen MR) is 57.9 cm³/mol.